The van der Waals surface area contributed by atoms with Gasteiger partial charge in [0.25, 0.3) is 0 Å². The Morgan fingerprint density at radius 3 is 2.11 bits per heavy atom. The molecule has 0 aromatic carbocycles. The molecule has 0 spiro atoms. The molecule has 0 aromatic rings. The lowest BCUT2D eigenvalue weighted by atomic mass is 10.0. The van der Waals surface area contributed by atoms with E-state index in [0.29, 0.717) is 5.25 Å². The Morgan fingerprint density at radius 1 is 1.44 bits per heavy atom. The van der Waals surface area contributed by atoms with Crippen LogP contribution >= 0.6 is 21.6 Å². The first-order chi connectivity index (χ1) is 4.04. The van der Waals surface area contributed by atoms with E-state index in [2.05, 4.69) is 20.8 Å². The molecule has 3 heteroatoms. The van der Waals surface area contributed by atoms with Crippen molar-refractivity contribution in [2.75, 3.05) is 0 Å². The molecule has 0 aromatic heterocycles. The van der Waals surface area contributed by atoms with Gasteiger partial charge in [-0.1, -0.05) is 21.6 Å². The number of aliphatic hydroxyl groups is 1. The molecule has 1 aliphatic heterocycles. The molecule has 1 rings (SSSR count). The lowest BCUT2D eigenvalue weighted by Crippen LogP contribution is -2.33. The predicted octanol–water partition coefficient (Wildman–Crippen LogP) is 1.91. The lowest BCUT2D eigenvalue weighted by molar-refractivity contribution is 0.147. The monoisotopic (exact) mass is 164 g/mol. The second-order valence-electron chi connectivity index (χ2n) is 2.93. The van der Waals surface area contributed by atoms with E-state index in [9.17, 15) is 5.11 Å². The molecule has 0 bridgehead atoms. The van der Waals surface area contributed by atoms with Crippen LogP contribution in [-0.4, -0.2) is 21.2 Å². The van der Waals surface area contributed by atoms with Gasteiger partial charge in [-0.25, -0.2) is 0 Å². The Balaban J connectivity index is 2.62. The van der Waals surface area contributed by atoms with Crippen molar-refractivity contribution >= 4 is 21.6 Å². The molecule has 0 unspecified atom stereocenters. The third-order valence-corrected chi connectivity index (χ3v) is 5.39. The van der Waals surface area contributed by atoms with Gasteiger partial charge < -0.3 is 5.11 Å². The highest BCUT2D eigenvalue weighted by Gasteiger charge is 2.40. The maximum Gasteiger partial charge on any atom is 0.0813 e. The maximum absolute atomic E-state index is 9.48. The minimum absolute atomic E-state index is 0.0596. The number of hydrogen-bond acceptors (Lipinski definition) is 3. The van der Waals surface area contributed by atoms with E-state index in [0.717, 1.165) is 0 Å². The average Bonchev–Trinajstić information content (AvgIpc) is 1.97. The van der Waals surface area contributed by atoms with Gasteiger partial charge in [0, 0.05) is 10.00 Å². The summed E-state index contributed by atoms with van der Waals surface area (Å²) in [6, 6.07) is 0. The molecule has 0 aliphatic carbocycles. The van der Waals surface area contributed by atoms with Crippen molar-refractivity contribution in [1.82, 2.24) is 0 Å². The number of hydrogen-bond donors (Lipinski definition) is 1. The van der Waals surface area contributed by atoms with Gasteiger partial charge in [-0.2, -0.15) is 0 Å². The Labute approximate surface area is 64.0 Å². The lowest BCUT2D eigenvalue weighted by Gasteiger charge is -2.20. The first-order valence-electron chi connectivity index (χ1n) is 3.06. The topological polar surface area (TPSA) is 20.2 Å². The summed E-state index contributed by atoms with van der Waals surface area (Å²) in [5.41, 5.74) is 0. The second-order valence-corrected chi connectivity index (χ2v) is 6.17. The summed E-state index contributed by atoms with van der Waals surface area (Å²) in [5, 5.41) is 9.88. The zero-order valence-electron chi connectivity index (χ0n) is 5.92. The van der Waals surface area contributed by atoms with Gasteiger partial charge >= 0.3 is 0 Å². The average molecular weight is 164 g/mol. The third-order valence-electron chi connectivity index (χ3n) is 1.57. The molecule has 1 fully saturated rings. The van der Waals surface area contributed by atoms with Gasteiger partial charge in [-0.05, 0) is 20.8 Å². The van der Waals surface area contributed by atoms with Crippen molar-refractivity contribution in [3.8, 4) is 0 Å². The van der Waals surface area contributed by atoms with Crippen LogP contribution in [0, 0.1) is 0 Å². The van der Waals surface area contributed by atoms with Crippen molar-refractivity contribution in [3.05, 3.63) is 0 Å². The molecule has 2 atom stereocenters. The molecular weight excluding hydrogens is 152 g/mol. The van der Waals surface area contributed by atoms with Gasteiger partial charge in [0.15, 0.2) is 0 Å². The van der Waals surface area contributed by atoms with Gasteiger partial charge in [0.2, 0.25) is 0 Å². The highest BCUT2D eigenvalue weighted by molar-refractivity contribution is 8.77. The maximum atomic E-state index is 9.48. The summed E-state index contributed by atoms with van der Waals surface area (Å²) >= 11 is 0. The summed E-state index contributed by atoms with van der Waals surface area (Å²) in [6.07, 6.45) is -0.146. The van der Waals surface area contributed by atoms with E-state index < -0.39 is 0 Å². The van der Waals surface area contributed by atoms with E-state index in [1.807, 2.05) is 0 Å². The third kappa shape index (κ3) is 1.38. The fraction of sp³-hybridized carbons (Fsp3) is 1.00. The molecule has 1 aliphatic rings. The summed E-state index contributed by atoms with van der Waals surface area (Å²) in [5.74, 6) is 0. The fourth-order valence-electron chi connectivity index (χ4n) is 0.867. The predicted molar refractivity (Wildman–Crippen MR) is 44.7 cm³/mol. The number of aliphatic hydroxyl groups excluding tert-OH is 1. The molecular formula is C6H12OS2. The molecule has 1 N–H and O–H groups in total. The molecule has 9 heavy (non-hydrogen) atoms. The molecule has 1 nitrogen and oxygen atoms in total. The van der Waals surface area contributed by atoms with Crippen molar-refractivity contribution in [3.63, 3.8) is 0 Å². The summed E-state index contributed by atoms with van der Waals surface area (Å²) in [4.78, 5) is 0. The first kappa shape index (κ1) is 7.76. The zero-order valence-corrected chi connectivity index (χ0v) is 7.55. The molecule has 0 radical (unpaired) electrons. The standard InChI is InChI=1S/C6H12OS2/c1-4-5(7)6(2,3)9-8-4/h4-5,7H,1-3H3/t4-,5-/m0/s1. The summed E-state index contributed by atoms with van der Waals surface area (Å²) in [6.45, 7) is 6.23. The zero-order chi connectivity index (χ0) is 7.07. The first-order valence-corrected chi connectivity index (χ1v) is 5.28. The summed E-state index contributed by atoms with van der Waals surface area (Å²) in [7, 11) is 3.56. The van der Waals surface area contributed by atoms with E-state index in [4.69, 9.17) is 0 Å². The molecule has 54 valence electrons. The Morgan fingerprint density at radius 2 is 2.00 bits per heavy atom. The van der Waals surface area contributed by atoms with E-state index in [1.54, 1.807) is 21.6 Å². The van der Waals surface area contributed by atoms with E-state index >= 15 is 0 Å². The van der Waals surface area contributed by atoms with Crippen molar-refractivity contribution in [2.45, 2.75) is 36.9 Å². The minimum atomic E-state index is -0.146. The van der Waals surface area contributed by atoms with Crippen molar-refractivity contribution in [1.29, 1.82) is 0 Å². The molecule has 1 heterocycles. The van der Waals surface area contributed by atoms with Crippen molar-refractivity contribution < 1.29 is 5.11 Å². The van der Waals surface area contributed by atoms with Crippen LogP contribution in [0.3, 0.4) is 0 Å². The van der Waals surface area contributed by atoms with Gasteiger partial charge in [-0.3, -0.25) is 0 Å². The number of rotatable bonds is 0. The van der Waals surface area contributed by atoms with Crippen LogP contribution in [0.2, 0.25) is 0 Å². The van der Waals surface area contributed by atoms with Crippen molar-refractivity contribution in [2.24, 2.45) is 0 Å². The quantitative estimate of drug-likeness (QED) is 0.552. The largest absolute Gasteiger partial charge is 0.390 e. The van der Waals surface area contributed by atoms with Crippen LogP contribution in [-0.2, 0) is 0 Å². The Hall–Kier alpha value is 0.660. The Kier molecular flexibility index (Phi) is 2.04. The molecule has 0 amide bonds. The molecule has 1 saturated heterocycles. The minimum Gasteiger partial charge on any atom is -0.390 e. The smallest absolute Gasteiger partial charge is 0.0813 e. The highest BCUT2D eigenvalue weighted by atomic mass is 33.1. The highest BCUT2D eigenvalue weighted by Crippen LogP contribution is 2.50. The van der Waals surface area contributed by atoms with Gasteiger partial charge in [0.05, 0.1) is 6.10 Å². The van der Waals surface area contributed by atoms with Crippen LogP contribution < -0.4 is 0 Å². The van der Waals surface area contributed by atoms with Gasteiger partial charge in [0.1, 0.15) is 0 Å². The Bertz CT molecular complexity index is 114. The summed E-state index contributed by atoms with van der Waals surface area (Å²) < 4.78 is 0.0596. The fourth-order valence-corrected chi connectivity index (χ4v) is 3.91. The van der Waals surface area contributed by atoms with Gasteiger partial charge in [-0.15, -0.1) is 0 Å². The van der Waals surface area contributed by atoms with Crippen LogP contribution in [0.5, 0.6) is 0 Å². The van der Waals surface area contributed by atoms with Crippen LogP contribution in [0.4, 0.5) is 0 Å². The van der Waals surface area contributed by atoms with Crippen LogP contribution in [0.1, 0.15) is 20.8 Å². The van der Waals surface area contributed by atoms with Crippen LogP contribution in [0.25, 0.3) is 0 Å². The van der Waals surface area contributed by atoms with Crippen LogP contribution in [0.15, 0.2) is 0 Å². The SMILES string of the molecule is C[C@@H]1SSC(C)(C)[C@H]1O. The van der Waals surface area contributed by atoms with E-state index in [1.165, 1.54) is 0 Å². The second kappa shape index (κ2) is 2.36. The van der Waals surface area contributed by atoms with E-state index in [-0.39, 0.29) is 10.9 Å². The molecule has 0 saturated carbocycles. The normalized spacial score (nSPS) is 41.3.